The number of aliphatic hydroxyl groups excluding tert-OH is 2. The van der Waals surface area contributed by atoms with Gasteiger partial charge in [0.15, 0.2) is 0 Å². The molecule has 1 aromatic heterocycles. The van der Waals surface area contributed by atoms with Crippen LogP contribution in [-0.2, 0) is 0 Å². The molecule has 1 aliphatic heterocycles. The Balaban J connectivity index is 2.06. The zero-order valence-electron chi connectivity index (χ0n) is 10.6. The molecule has 1 aliphatic rings. The van der Waals surface area contributed by atoms with E-state index in [1.165, 1.54) is 6.33 Å². The third-order valence-corrected chi connectivity index (χ3v) is 3.11. The highest BCUT2D eigenvalue weighted by Gasteiger charge is 2.25. The SMILES string of the molecule is CC(O)CNc1cc(N2CCCC2CO)ncn1. The van der Waals surface area contributed by atoms with Gasteiger partial charge in [-0.25, -0.2) is 9.97 Å². The summed E-state index contributed by atoms with van der Waals surface area (Å²) in [5, 5.41) is 21.6. The highest BCUT2D eigenvalue weighted by Crippen LogP contribution is 2.24. The fraction of sp³-hybridized carbons (Fsp3) is 0.667. The summed E-state index contributed by atoms with van der Waals surface area (Å²) < 4.78 is 0. The Labute approximate surface area is 107 Å². The topological polar surface area (TPSA) is 81.5 Å². The number of rotatable bonds is 5. The van der Waals surface area contributed by atoms with Crippen molar-refractivity contribution in [3.05, 3.63) is 12.4 Å². The van der Waals surface area contributed by atoms with Gasteiger partial charge in [-0.3, -0.25) is 0 Å². The Morgan fingerprint density at radius 1 is 1.56 bits per heavy atom. The van der Waals surface area contributed by atoms with Crippen molar-refractivity contribution in [3.8, 4) is 0 Å². The Morgan fingerprint density at radius 2 is 2.39 bits per heavy atom. The lowest BCUT2D eigenvalue weighted by molar-refractivity contribution is 0.208. The highest BCUT2D eigenvalue weighted by molar-refractivity contribution is 5.49. The molecule has 2 rings (SSSR count). The number of nitrogens with zero attached hydrogens (tertiary/aromatic N) is 3. The van der Waals surface area contributed by atoms with E-state index in [9.17, 15) is 10.2 Å². The molecule has 0 saturated carbocycles. The van der Waals surface area contributed by atoms with E-state index >= 15 is 0 Å². The molecule has 3 N–H and O–H groups in total. The van der Waals surface area contributed by atoms with Crippen LogP contribution in [0.2, 0.25) is 0 Å². The average Bonchev–Trinajstić information content (AvgIpc) is 2.85. The van der Waals surface area contributed by atoms with Crippen molar-refractivity contribution in [2.75, 3.05) is 29.9 Å². The fourth-order valence-corrected chi connectivity index (χ4v) is 2.18. The Bertz CT molecular complexity index is 386. The maximum absolute atomic E-state index is 9.31. The van der Waals surface area contributed by atoms with Crippen LogP contribution in [-0.4, -0.2) is 52.0 Å². The lowest BCUT2D eigenvalue weighted by atomic mass is 10.2. The van der Waals surface area contributed by atoms with Crippen LogP contribution in [0.3, 0.4) is 0 Å². The minimum atomic E-state index is -0.416. The van der Waals surface area contributed by atoms with Crippen molar-refractivity contribution >= 4 is 11.6 Å². The standard InChI is InChI=1S/C12H20N4O2/c1-9(18)6-13-11-5-12(15-8-14-11)16-4-2-3-10(16)7-17/h5,8-10,17-18H,2-4,6-7H2,1H3,(H,13,14,15). The molecule has 1 aromatic rings. The van der Waals surface area contributed by atoms with Crippen LogP contribution < -0.4 is 10.2 Å². The van der Waals surface area contributed by atoms with Crippen molar-refractivity contribution < 1.29 is 10.2 Å². The molecule has 2 unspecified atom stereocenters. The Hall–Kier alpha value is -1.40. The van der Waals surface area contributed by atoms with E-state index in [1.807, 2.05) is 6.07 Å². The predicted octanol–water partition coefficient (Wildman–Crippen LogP) is 0.230. The maximum atomic E-state index is 9.31. The molecule has 0 aliphatic carbocycles. The maximum Gasteiger partial charge on any atom is 0.134 e. The van der Waals surface area contributed by atoms with E-state index in [-0.39, 0.29) is 12.6 Å². The molecular formula is C12H20N4O2. The summed E-state index contributed by atoms with van der Waals surface area (Å²) in [6, 6.07) is 2.01. The number of aliphatic hydroxyl groups is 2. The molecule has 6 nitrogen and oxygen atoms in total. The Morgan fingerprint density at radius 3 is 3.11 bits per heavy atom. The van der Waals surface area contributed by atoms with Crippen molar-refractivity contribution in [1.29, 1.82) is 0 Å². The summed E-state index contributed by atoms with van der Waals surface area (Å²) in [5.74, 6) is 1.53. The van der Waals surface area contributed by atoms with E-state index in [0.717, 1.165) is 25.2 Å². The highest BCUT2D eigenvalue weighted by atomic mass is 16.3. The van der Waals surface area contributed by atoms with Gasteiger partial charge in [0.25, 0.3) is 0 Å². The van der Waals surface area contributed by atoms with Gasteiger partial charge in [-0.2, -0.15) is 0 Å². The number of hydrogen-bond acceptors (Lipinski definition) is 6. The van der Waals surface area contributed by atoms with Crippen LogP contribution in [0.4, 0.5) is 11.6 Å². The van der Waals surface area contributed by atoms with E-state index in [2.05, 4.69) is 20.2 Å². The smallest absolute Gasteiger partial charge is 0.134 e. The van der Waals surface area contributed by atoms with Crippen LogP contribution >= 0.6 is 0 Å². The number of anilines is 2. The monoisotopic (exact) mass is 252 g/mol. The fourth-order valence-electron chi connectivity index (χ4n) is 2.18. The van der Waals surface area contributed by atoms with Gasteiger partial charge >= 0.3 is 0 Å². The van der Waals surface area contributed by atoms with Crippen LogP contribution in [0.5, 0.6) is 0 Å². The van der Waals surface area contributed by atoms with Crippen LogP contribution in [0.1, 0.15) is 19.8 Å². The zero-order chi connectivity index (χ0) is 13.0. The van der Waals surface area contributed by atoms with Crippen molar-refractivity contribution in [2.24, 2.45) is 0 Å². The molecule has 6 heteroatoms. The summed E-state index contributed by atoms with van der Waals surface area (Å²) >= 11 is 0. The first-order valence-electron chi connectivity index (χ1n) is 6.32. The van der Waals surface area contributed by atoms with E-state index < -0.39 is 6.10 Å². The molecule has 0 bridgehead atoms. The van der Waals surface area contributed by atoms with Gasteiger partial charge in [0.05, 0.1) is 18.8 Å². The number of hydrogen-bond donors (Lipinski definition) is 3. The minimum Gasteiger partial charge on any atom is -0.394 e. The molecular weight excluding hydrogens is 232 g/mol. The second-order valence-electron chi connectivity index (χ2n) is 4.66. The summed E-state index contributed by atoms with van der Waals surface area (Å²) in [6.07, 6.45) is 3.16. The van der Waals surface area contributed by atoms with Crippen LogP contribution in [0.15, 0.2) is 12.4 Å². The van der Waals surface area contributed by atoms with Crippen molar-refractivity contribution in [2.45, 2.75) is 31.9 Å². The van der Waals surface area contributed by atoms with Crippen LogP contribution in [0, 0.1) is 0 Å². The molecule has 18 heavy (non-hydrogen) atoms. The number of nitrogens with one attached hydrogen (secondary N) is 1. The summed E-state index contributed by atoms with van der Waals surface area (Å²) in [4.78, 5) is 10.5. The van der Waals surface area contributed by atoms with Gasteiger partial charge < -0.3 is 20.4 Å². The molecule has 0 radical (unpaired) electrons. The summed E-state index contributed by atoms with van der Waals surface area (Å²) in [7, 11) is 0. The molecule has 0 spiro atoms. The van der Waals surface area contributed by atoms with Crippen molar-refractivity contribution in [3.63, 3.8) is 0 Å². The van der Waals surface area contributed by atoms with Gasteiger partial charge in [-0.05, 0) is 19.8 Å². The lowest BCUT2D eigenvalue weighted by Gasteiger charge is -2.24. The van der Waals surface area contributed by atoms with E-state index in [1.54, 1.807) is 6.92 Å². The molecule has 100 valence electrons. The first-order valence-corrected chi connectivity index (χ1v) is 6.32. The summed E-state index contributed by atoms with van der Waals surface area (Å²) in [5.41, 5.74) is 0. The quantitative estimate of drug-likeness (QED) is 0.696. The molecule has 1 saturated heterocycles. The largest absolute Gasteiger partial charge is 0.394 e. The van der Waals surface area contributed by atoms with Crippen molar-refractivity contribution in [1.82, 2.24) is 9.97 Å². The first kappa shape index (κ1) is 13.0. The zero-order valence-corrected chi connectivity index (χ0v) is 10.6. The lowest BCUT2D eigenvalue weighted by Crippen LogP contribution is -2.32. The molecule has 0 amide bonds. The van der Waals surface area contributed by atoms with Gasteiger partial charge in [-0.15, -0.1) is 0 Å². The molecule has 2 heterocycles. The van der Waals surface area contributed by atoms with Gasteiger partial charge in [0, 0.05) is 19.2 Å². The Kier molecular flexibility index (Phi) is 4.33. The van der Waals surface area contributed by atoms with E-state index in [0.29, 0.717) is 12.4 Å². The van der Waals surface area contributed by atoms with Gasteiger partial charge in [-0.1, -0.05) is 0 Å². The van der Waals surface area contributed by atoms with Gasteiger partial charge in [0.1, 0.15) is 18.0 Å². The number of aromatic nitrogens is 2. The first-order chi connectivity index (χ1) is 8.70. The second kappa shape index (κ2) is 5.97. The third-order valence-electron chi connectivity index (χ3n) is 3.11. The molecule has 0 aromatic carbocycles. The molecule has 2 atom stereocenters. The predicted molar refractivity (Wildman–Crippen MR) is 69.7 cm³/mol. The minimum absolute atomic E-state index is 0.153. The van der Waals surface area contributed by atoms with E-state index in [4.69, 9.17) is 0 Å². The second-order valence-corrected chi connectivity index (χ2v) is 4.66. The summed E-state index contributed by atoms with van der Waals surface area (Å²) in [6.45, 7) is 3.25. The average molecular weight is 252 g/mol. The molecule has 1 fully saturated rings. The van der Waals surface area contributed by atoms with Gasteiger partial charge in [0.2, 0.25) is 0 Å². The normalized spacial score (nSPS) is 21.1. The third kappa shape index (κ3) is 3.08. The van der Waals surface area contributed by atoms with Crippen LogP contribution in [0.25, 0.3) is 0 Å².